The maximum absolute atomic E-state index is 6.06. The van der Waals surface area contributed by atoms with Crippen molar-refractivity contribution in [3.8, 4) is 0 Å². The third-order valence-electron chi connectivity index (χ3n) is 4.97. The Morgan fingerprint density at radius 1 is 1.25 bits per heavy atom. The van der Waals surface area contributed by atoms with Gasteiger partial charge in [0.1, 0.15) is 0 Å². The zero-order chi connectivity index (χ0) is 16.9. The minimum Gasteiger partial charge on any atom is -0.377 e. The van der Waals surface area contributed by atoms with E-state index in [0.717, 1.165) is 32.5 Å². The molecule has 2 heterocycles. The van der Waals surface area contributed by atoms with Crippen molar-refractivity contribution in [2.75, 3.05) is 46.9 Å². The molecule has 132 valence electrons. The fourth-order valence-corrected chi connectivity index (χ4v) is 3.40. The van der Waals surface area contributed by atoms with Crippen LogP contribution in [-0.2, 0) is 17.6 Å². The molecule has 1 fully saturated rings. The van der Waals surface area contributed by atoms with Gasteiger partial charge in [-0.05, 0) is 70.6 Å². The summed E-state index contributed by atoms with van der Waals surface area (Å²) in [5, 5.41) is 1.40. The SMILES string of the molecule is CC(Cc1cccc2[nH]cc(CCN(C)C)c12)OCCN1CCC1. The van der Waals surface area contributed by atoms with E-state index in [1.54, 1.807) is 0 Å². The van der Waals surface area contributed by atoms with Gasteiger partial charge in [-0.25, -0.2) is 0 Å². The first kappa shape index (κ1) is 17.5. The smallest absolute Gasteiger partial charge is 0.0597 e. The van der Waals surface area contributed by atoms with Gasteiger partial charge in [0, 0.05) is 30.2 Å². The third-order valence-corrected chi connectivity index (χ3v) is 4.97. The third kappa shape index (κ3) is 4.38. The molecule has 1 aliphatic rings. The van der Waals surface area contributed by atoms with Crippen LogP contribution in [0.2, 0.25) is 0 Å². The highest BCUT2D eigenvalue weighted by Crippen LogP contribution is 2.25. The fourth-order valence-electron chi connectivity index (χ4n) is 3.40. The first-order valence-electron chi connectivity index (χ1n) is 9.20. The van der Waals surface area contributed by atoms with E-state index in [4.69, 9.17) is 4.74 Å². The molecule has 24 heavy (non-hydrogen) atoms. The highest BCUT2D eigenvalue weighted by molar-refractivity contribution is 5.86. The molecule has 0 radical (unpaired) electrons. The van der Waals surface area contributed by atoms with E-state index in [1.165, 1.54) is 41.5 Å². The van der Waals surface area contributed by atoms with Crippen LogP contribution in [0.3, 0.4) is 0 Å². The first-order valence-corrected chi connectivity index (χ1v) is 9.20. The molecular formula is C20H31N3O. The van der Waals surface area contributed by atoms with Crippen LogP contribution in [0.25, 0.3) is 10.9 Å². The van der Waals surface area contributed by atoms with Crippen molar-refractivity contribution >= 4 is 10.9 Å². The normalized spacial score (nSPS) is 16.7. The summed E-state index contributed by atoms with van der Waals surface area (Å²) in [6.45, 7) is 7.68. The largest absolute Gasteiger partial charge is 0.377 e. The summed E-state index contributed by atoms with van der Waals surface area (Å²) in [5.41, 5.74) is 4.06. The van der Waals surface area contributed by atoms with Crippen molar-refractivity contribution in [2.24, 2.45) is 0 Å². The molecule has 0 aliphatic carbocycles. The Kier molecular flexibility index (Phi) is 5.93. The molecule has 0 saturated carbocycles. The molecule has 1 N–H and O–H groups in total. The average molecular weight is 329 g/mol. The van der Waals surface area contributed by atoms with Crippen molar-refractivity contribution in [2.45, 2.75) is 32.3 Å². The molecule has 1 aromatic carbocycles. The monoisotopic (exact) mass is 329 g/mol. The van der Waals surface area contributed by atoms with Crippen LogP contribution in [0.1, 0.15) is 24.5 Å². The zero-order valence-electron chi connectivity index (χ0n) is 15.3. The molecule has 0 amide bonds. The van der Waals surface area contributed by atoms with E-state index in [1.807, 2.05) is 0 Å². The molecule has 1 unspecified atom stereocenters. The topological polar surface area (TPSA) is 31.5 Å². The first-order chi connectivity index (χ1) is 11.6. The summed E-state index contributed by atoms with van der Waals surface area (Å²) in [6.07, 6.45) is 5.83. The Morgan fingerprint density at radius 2 is 2.08 bits per heavy atom. The second-order valence-electron chi connectivity index (χ2n) is 7.29. The quantitative estimate of drug-likeness (QED) is 0.767. The van der Waals surface area contributed by atoms with E-state index >= 15 is 0 Å². The van der Waals surface area contributed by atoms with Gasteiger partial charge in [0.05, 0.1) is 12.7 Å². The maximum Gasteiger partial charge on any atom is 0.0597 e. The number of likely N-dealkylation sites (N-methyl/N-ethyl adjacent to an activating group) is 1. The Morgan fingerprint density at radius 3 is 2.79 bits per heavy atom. The van der Waals surface area contributed by atoms with Gasteiger partial charge in [-0.3, -0.25) is 0 Å². The van der Waals surface area contributed by atoms with Gasteiger partial charge in [0.25, 0.3) is 0 Å². The average Bonchev–Trinajstić information content (AvgIpc) is 2.92. The van der Waals surface area contributed by atoms with Crippen molar-refractivity contribution < 1.29 is 4.74 Å². The van der Waals surface area contributed by atoms with Crippen molar-refractivity contribution in [1.29, 1.82) is 0 Å². The number of hydrogen-bond donors (Lipinski definition) is 1. The van der Waals surface area contributed by atoms with Crippen LogP contribution in [0.15, 0.2) is 24.4 Å². The highest BCUT2D eigenvalue weighted by Gasteiger charge is 2.15. The Bertz CT molecular complexity index is 645. The van der Waals surface area contributed by atoms with Crippen molar-refractivity contribution in [3.63, 3.8) is 0 Å². The summed E-state index contributed by atoms with van der Waals surface area (Å²) in [7, 11) is 4.26. The minimum absolute atomic E-state index is 0.258. The number of rotatable bonds is 9. The van der Waals surface area contributed by atoms with Gasteiger partial charge in [-0.2, -0.15) is 0 Å². The van der Waals surface area contributed by atoms with Crippen LogP contribution in [0, 0.1) is 0 Å². The second-order valence-corrected chi connectivity index (χ2v) is 7.29. The number of nitrogens with one attached hydrogen (secondary N) is 1. The lowest BCUT2D eigenvalue weighted by atomic mass is 10.00. The number of hydrogen-bond acceptors (Lipinski definition) is 3. The second kappa shape index (κ2) is 8.15. The molecule has 0 spiro atoms. The van der Waals surface area contributed by atoms with Gasteiger partial charge in [-0.1, -0.05) is 12.1 Å². The molecule has 2 aromatic rings. The number of aromatic nitrogens is 1. The van der Waals surface area contributed by atoms with E-state index in [-0.39, 0.29) is 6.10 Å². The molecule has 0 bridgehead atoms. The summed E-state index contributed by atoms with van der Waals surface area (Å²) in [4.78, 5) is 8.13. The van der Waals surface area contributed by atoms with E-state index in [2.05, 4.69) is 60.2 Å². The molecule has 1 atom stereocenters. The van der Waals surface area contributed by atoms with Crippen LogP contribution in [-0.4, -0.2) is 67.8 Å². The number of likely N-dealkylation sites (tertiary alicyclic amines) is 1. The summed E-state index contributed by atoms with van der Waals surface area (Å²) >= 11 is 0. The summed E-state index contributed by atoms with van der Waals surface area (Å²) in [6, 6.07) is 6.58. The number of aromatic amines is 1. The van der Waals surface area contributed by atoms with Crippen LogP contribution in [0.5, 0.6) is 0 Å². The number of fused-ring (bicyclic) bond motifs is 1. The lowest BCUT2D eigenvalue weighted by Gasteiger charge is -2.30. The highest BCUT2D eigenvalue weighted by atomic mass is 16.5. The lowest BCUT2D eigenvalue weighted by molar-refractivity contribution is 0.0365. The molecule has 4 nitrogen and oxygen atoms in total. The van der Waals surface area contributed by atoms with E-state index in [0.29, 0.717) is 0 Å². The van der Waals surface area contributed by atoms with Gasteiger partial charge in [-0.15, -0.1) is 0 Å². The number of benzene rings is 1. The molecule has 3 rings (SSSR count). The van der Waals surface area contributed by atoms with Gasteiger partial charge < -0.3 is 19.5 Å². The Balaban J connectivity index is 1.62. The molecule has 1 aromatic heterocycles. The summed E-state index contributed by atoms with van der Waals surface area (Å²) in [5.74, 6) is 0. The van der Waals surface area contributed by atoms with Crippen LogP contribution < -0.4 is 0 Å². The summed E-state index contributed by atoms with van der Waals surface area (Å²) < 4.78 is 6.06. The van der Waals surface area contributed by atoms with E-state index in [9.17, 15) is 0 Å². The Labute approximate surface area is 145 Å². The van der Waals surface area contributed by atoms with Gasteiger partial charge in [0.15, 0.2) is 0 Å². The molecule has 4 heteroatoms. The predicted molar refractivity (Wildman–Crippen MR) is 101 cm³/mol. The van der Waals surface area contributed by atoms with Crippen molar-refractivity contribution in [1.82, 2.24) is 14.8 Å². The van der Waals surface area contributed by atoms with Crippen LogP contribution in [0.4, 0.5) is 0 Å². The van der Waals surface area contributed by atoms with Gasteiger partial charge >= 0.3 is 0 Å². The maximum atomic E-state index is 6.06. The van der Waals surface area contributed by atoms with Crippen molar-refractivity contribution in [3.05, 3.63) is 35.5 Å². The number of nitrogens with zero attached hydrogens (tertiary/aromatic N) is 2. The molecule has 1 aliphatic heterocycles. The fraction of sp³-hybridized carbons (Fsp3) is 0.600. The molecular weight excluding hydrogens is 298 g/mol. The van der Waals surface area contributed by atoms with Gasteiger partial charge in [0.2, 0.25) is 0 Å². The standard InChI is InChI=1S/C20H31N3O/c1-16(24-13-12-23-9-5-10-23)14-17-6-4-7-19-20(17)18(15-21-19)8-11-22(2)3/h4,6-7,15-16,21H,5,8-14H2,1-3H3. The zero-order valence-corrected chi connectivity index (χ0v) is 15.3. The minimum atomic E-state index is 0.258. The van der Waals surface area contributed by atoms with E-state index < -0.39 is 0 Å². The Hall–Kier alpha value is -1.36. The predicted octanol–water partition coefficient (Wildman–Crippen LogP) is 2.93. The number of H-pyrrole nitrogens is 1. The lowest BCUT2D eigenvalue weighted by Crippen LogP contribution is -2.39. The van der Waals surface area contributed by atoms with Crippen LogP contribution >= 0.6 is 0 Å². The number of ether oxygens (including phenoxy) is 1. The molecule has 1 saturated heterocycles.